The number of nitrogens with two attached hydrogens (primary N) is 1. The highest BCUT2D eigenvalue weighted by Gasteiger charge is 2.21. The molecule has 1 aliphatic carbocycles. The van der Waals surface area contributed by atoms with Gasteiger partial charge in [0.1, 0.15) is 5.76 Å². The van der Waals surface area contributed by atoms with Crippen molar-refractivity contribution in [3.8, 4) is 0 Å². The highest BCUT2D eigenvalue weighted by Crippen LogP contribution is 2.32. The maximum absolute atomic E-state index is 5.78. The first-order valence-electron chi connectivity index (χ1n) is 5.97. The van der Waals surface area contributed by atoms with Crippen LogP contribution in [0, 0.1) is 0 Å². The molecule has 0 spiro atoms. The Morgan fingerprint density at radius 1 is 1.47 bits per heavy atom. The molecule has 2 N–H and O–H groups in total. The van der Waals surface area contributed by atoms with Gasteiger partial charge in [-0.3, -0.25) is 0 Å². The molecule has 1 fully saturated rings. The van der Waals surface area contributed by atoms with Crippen LogP contribution in [-0.4, -0.2) is 11.5 Å². The highest BCUT2D eigenvalue weighted by atomic mass is 16.4. The molecule has 1 aliphatic rings. The molecule has 0 aromatic carbocycles. The summed E-state index contributed by atoms with van der Waals surface area (Å²) in [6, 6.07) is 0. The topological polar surface area (TPSA) is 52.0 Å². The minimum absolute atomic E-state index is 0.287. The summed E-state index contributed by atoms with van der Waals surface area (Å²) < 4.78 is 5.78. The number of hydrogen-bond acceptors (Lipinski definition) is 3. The molecule has 0 amide bonds. The second-order valence-electron chi connectivity index (χ2n) is 4.57. The lowest BCUT2D eigenvalue weighted by Crippen LogP contribution is -2.08. The smallest absolute Gasteiger partial charge is 0.197 e. The van der Waals surface area contributed by atoms with Crippen molar-refractivity contribution in [2.75, 3.05) is 6.54 Å². The maximum atomic E-state index is 5.78. The predicted octanol–water partition coefficient (Wildman–Crippen LogP) is 2.78. The van der Waals surface area contributed by atoms with E-state index in [0.717, 1.165) is 11.7 Å². The van der Waals surface area contributed by atoms with Gasteiger partial charge in [0.25, 0.3) is 0 Å². The molecule has 2 rings (SSSR count). The summed E-state index contributed by atoms with van der Waals surface area (Å²) in [7, 11) is 0. The van der Waals surface area contributed by atoms with Crippen LogP contribution in [0.15, 0.2) is 10.6 Å². The molecule has 0 radical (unpaired) electrons. The summed E-state index contributed by atoms with van der Waals surface area (Å²) in [6.45, 7) is 2.70. The van der Waals surface area contributed by atoms with Crippen LogP contribution in [-0.2, 0) is 0 Å². The number of rotatable bonds is 3. The van der Waals surface area contributed by atoms with E-state index in [1.807, 2.05) is 6.20 Å². The van der Waals surface area contributed by atoms with E-state index in [2.05, 4.69) is 11.9 Å². The van der Waals surface area contributed by atoms with Gasteiger partial charge >= 0.3 is 0 Å². The molecule has 1 aromatic heterocycles. The van der Waals surface area contributed by atoms with Crippen molar-refractivity contribution in [1.29, 1.82) is 0 Å². The Hall–Kier alpha value is -0.830. The number of nitrogens with zero attached hydrogens (tertiary/aromatic N) is 1. The van der Waals surface area contributed by atoms with E-state index in [4.69, 9.17) is 10.2 Å². The van der Waals surface area contributed by atoms with Crippen molar-refractivity contribution in [3.63, 3.8) is 0 Å². The first kappa shape index (κ1) is 10.7. The van der Waals surface area contributed by atoms with Gasteiger partial charge in [-0.25, -0.2) is 4.98 Å². The van der Waals surface area contributed by atoms with E-state index in [9.17, 15) is 0 Å². The van der Waals surface area contributed by atoms with Crippen LogP contribution >= 0.6 is 0 Å². The average molecular weight is 208 g/mol. The molecule has 3 heteroatoms. The van der Waals surface area contributed by atoms with Gasteiger partial charge in [-0.2, -0.15) is 0 Å². The molecular formula is C12H20N2O. The Morgan fingerprint density at radius 3 is 2.87 bits per heavy atom. The Morgan fingerprint density at radius 2 is 2.20 bits per heavy atom. The molecule has 0 bridgehead atoms. The van der Waals surface area contributed by atoms with Crippen molar-refractivity contribution in [2.24, 2.45) is 5.73 Å². The van der Waals surface area contributed by atoms with Gasteiger partial charge in [0.15, 0.2) is 5.89 Å². The number of aromatic nitrogens is 1. The summed E-state index contributed by atoms with van der Waals surface area (Å²) in [4.78, 5) is 4.39. The maximum Gasteiger partial charge on any atom is 0.197 e. The fraction of sp³-hybridized carbons (Fsp3) is 0.750. The van der Waals surface area contributed by atoms with E-state index < -0.39 is 0 Å². The molecule has 84 valence electrons. The fourth-order valence-electron chi connectivity index (χ4n) is 2.18. The van der Waals surface area contributed by atoms with Crippen LogP contribution in [0.5, 0.6) is 0 Å². The zero-order valence-corrected chi connectivity index (χ0v) is 9.41. The van der Waals surface area contributed by atoms with Crippen LogP contribution in [0.25, 0.3) is 0 Å². The molecule has 1 unspecified atom stereocenters. The predicted molar refractivity (Wildman–Crippen MR) is 59.8 cm³/mol. The summed E-state index contributed by atoms with van der Waals surface area (Å²) in [5.74, 6) is 2.72. The lowest BCUT2D eigenvalue weighted by molar-refractivity contribution is 0.345. The Balaban J connectivity index is 2.05. The second-order valence-corrected chi connectivity index (χ2v) is 4.57. The zero-order chi connectivity index (χ0) is 10.7. The normalized spacial score (nSPS) is 20.4. The van der Waals surface area contributed by atoms with Gasteiger partial charge in [0.05, 0.1) is 6.20 Å². The Kier molecular flexibility index (Phi) is 3.41. The van der Waals surface area contributed by atoms with Crippen LogP contribution < -0.4 is 5.73 Å². The molecule has 15 heavy (non-hydrogen) atoms. The average Bonchev–Trinajstić information content (AvgIpc) is 2.78. The first-order valence-corrected chi connectivity index (χ1v) is 5.97. The van der Waals surface area contributed by atoms with Crippen molar-refractivity contribution in [3.05, 3.63) is 17.8 Å². The van der Waals surface area contributed by atoms with E-state index in [1.165, 1.54) is 32.1 Å². The lowest BCUT2D eigenvalue weighted by Gasteiger charge is -2.18. The standard InChI is InChI=1S/C12H20N2O/c1-9(7-13)11-8-14-12(15-11)10-5-3-2-4-6-10/h8-10H,2-7,13H2,1H3. The van der Waals surface area contributed by atoms with Crippen molar-refractivity contribution in [1.82, 2.24) is 4.98 Å². The van der Waals surface area contributed by atoms with E-state index in [-0.39, 0.29) is 5.92 Å². The summed E-state index contributed by atoms with van der Waals surface area (Å²) >= 11 is 0. The quantitative estimate of drug-likeness (QED) is 0.831. The van der Waals surface area contributed by atoms with Crippen LogP contribution in [0.3, 0.4) is 0 Å². The third-order valence-corrected chi connectivity index (χ3v) is 3.34. The van der Waals surface area contributed by atoms with Gasteiger partial charge in [-0.15, -0.1) is 0 Å². The van der Waals surface area contributed by atoms with Crippen molar-refractivity contribution in [2.45, 2.75) is 50.9 Å². The van der Waals surface area contributed by atoms with Gasteiger partial charge in [0.2, 0.25) is 0 Å². The molecule has 1 heterocycles. The van der Waals surface area contributed by atoms with Gasteiger partial charge in [-0.1, -0.05) is 26.2 Å². The van der Waals surface area contributed by atoms with Crippen molar-refractivity contribution < 1.29 is 4.42 Å². The van der Waals surface area contributed by atoms with E-state index in [1.54, 1.807) is 0 Å². The molecular weight excluding hydrogens is 188 g/mol. The minimum Gasteiger partial charge on any atom is -0.445 e. The third kappa shape index (κ3) is 2.40. The van der Waals surface area contributed by atoms with E-state index >= 15 is 0 Å². The molecule has 1 atom stereocenters. The third-order valence-electron chi connectivity index (χ3n) is 3.34. The Bertz CT molecular complexity index is 302. The van der Waals surface area contributed by atoms with Crippen molar-refractivity contribution >= 4 is 0 Å². The van der Waals surface area contributed by atoms with Gasteiger partial charge in [0, 0.05) is 18.4 Å². The fourth-order valence-corrected chi connectivity index (χ4v) is 2.18. The lowest BCUT2D eigenvalue weighted by atomic mass is 9.89. The highest BCUT2D eigenvalue weighted by molar-refractivity contribution is 5.04. The van der Waals surface area contributed by atoms with Crippen LogP contribution in [0.2, 0.25) is 0 Å². The summed E-state index contributed by atoms with van der Waals surface area (Å²) in [5.41, 5.74) is 5.60. The minimum atomic E-state index is 0.287. The number of hydrogen-bond donors (Lipinski definition) is 1. The molecule has 1 saturated carbocycles. The summed E-state index contributed by atoms with van der Waals surface area (Å²) in [5, 5.41) is 0. The van der Waals surface area contributed by atoms with Crippen LogP contribution in [0.1, 0.15) is 62.5 Å². The SMILES string of the molecule is CC(CN)c1cnc(C2CCCCC2)o1. The molecule has 0 saturated heterocycles. The van der Waals surface area contributed by atoms with Crippen LogP contribution in [0.4, 0.5) is 0 Å². The van der Waals surface area contributed by atoms with E-state index in [0.29, 0.717) is 12.5 Å². The number of oxazole rings is 1. The largest absolute Gasteiger partial charge is 0.445 e. The Labute approximate surface area is 91.1 Å². The zero-order valence-electron chi connectivity index (χ0n) is 9.41. The molecule has 3 nitrogen and oxygen atoms in total. The first-order chi connectivity index (χ1) is 7.31. The molecule has 1 aromatic rings. The summed E-state index contributed by atoms with van der Waals surface area (Å²) in [6.07, 6.45) is 8.31. The van der Waals surface area contributed by atoms with Gasteiger partial charge in [-0.05, 0) is 12.8 Å². The second kappa shape index (κ2) is 4.79. The van der Waals surface area contributed by atoms with Gasteiger partial charge < -0.3 is 10.2 Å². The molecule has 0 aliphatic heterocycles. The monoisotopic (exact) mass is 208 g/mol.